The maximum atomic E-state index is 12.6. The van der Waals surface area contributed by atoms with Crippen molar-refractivity contribution in [3.05, 3.63) is 64.7 Å². The summed E-state index contributed by atoms with van der Waals surface area (Å²) in [4.78, 5) is 26.6. The average Bonchev–Trinajstić information content (AvgIpc) is 2.91. The van der Waals surface area contributed by atoms with Gasteiger partial charge in [0.05, 0.1) is 23.3 Å². The van der Waals surface area contributed by atoms with Gasteiger partial charge < -0.3 is 10.1 Å². The summed E-state index contributed by atoms with van der Waals surface area (Å²) in [6.45, 7) is 7.17. The summed E-state index contributed by atoms with van der Waals surface area (Å²) < 4.78 is 5.61. The highest BCUT2D eigenvalue weighted by atomic mass is 16.5. The van der Waals surface area contributed by atoms with Crippen molar-refractivity contribution in [3.8, 4) is 5.75 Å². The van der Waals surface area contributed by atoms with Gasteiger partial charge in [0.15, 0.2) is 0 Å². The van der Waals surface area contributed by atoms with Crippen molar-refractivity contribution in [2.45, 2.75) is 32.7 Å². The van der Waals surface area contributed by atoms with E-state index in [-0.39, 0.29) is 17.4 Å². The summed E-state index contributed by atoms with van der Waals surface area (Å²) in [6, 6.07) is 13.0. The molecular weight excluding hydrogens is 352 g/mol. The van der Waals surface area contributed by atoms with Crippen LogP contribution in [0.3, 0.4) is 0 Å². The summed E-state index contributed by atoms with van der Waals surface area (Å²) >= 11 is 0. The van der Waals surface area contributed by atoms with Crippen LogP contribution in [0.25, 0.3) is 6.08 Å². The number of carbonyl (C=O) groups excluding carboxylic acids is 2. The summed E-state index contributed by atoms with van der Waals surface area (Å²) in [5, 5.41) is 3.56. The van der Waals surface area contributed by atoms with Crippen LogP contribution in [0.1, 0.15) is 53.5 Å². The standard InChI is InChI=1S/C23H24N2O3/c1-4-28-17-9-10-20-15(14-17)13-16(23(2,3)24-20)11-12-25-21(26)18-7-5-6-8-19(18)22(25)27/h5-10,13-14,24H,4,11-12H2,1-3H3. The Morgan fingerprint density at radius 2 is 1.71 bits per heavy atom. The second kappa shape index (κ2) is 6.82. The maximum Gasteiger partial charge on any atom is 0.261 e. The zero-order valence-electron chi connectivity index (χ0n) is 16.4. The number of rotatable bonds is 5. The molecule has 2 aromatic rings. The van der Waals surface area contributed by atoms with Gasteiger partial charge in [-0.2, -0.15) is 0 Å². The lowest BCUT2D eigenvalue weighted by Crippen LogP contribution is -2.38. The van der Waals surface area contributed by atoms with E-state index < -0.39 is 0 Å². The molecule has 28 heavy (non-hydrogen) atoms. The third kappa shape index (κ3) is 3.07. The van der Waals surface area contributed by atoms with E-state index in [4.69, 9.17) is 4.74 Å². The first-order chi connectivity index (χ1) is 13.4. The third-order valence-corrected chi connectivity index (χ3v) is 5.40. The molecule has 2 aliphatic heterocycles. The number of nitrogens with zero attached hydrogens (tertiary/aromatic N) is 1. The second-order valence-corrected chi connectivity index (χ2v) is 7.66. The van der Waals surface area contributed by atoms with Gasteiger partial charge in [-0.05, 0) is 63.1 Å². The van der Waals surface area contributed by atoms with Crippen molar-refractivity contribution in [2.24, 2.45) is 0 Å². The van der Waals surface area contributed by atoms with Crippen LogP contribution < -0.4 is 10.1 Å². The van der Waals surface area contributed by atoms with E-state index in [1.165, 1.54) is 4.90 Å². The van der Waals surface area contributed by atoms with E-state index in [1.807, 2.05) is 25.1 Å². The Labute approximate surface area is 165 Å². The number of amides is 2. The molecule has 0 saturated heterocycles. The number of carbonyl (C=O) groups is 2. The molecule has 0 unspecified atom stereocenters. The normalized spacial score (nSPS) is 17.0. The van der Waals surface area contributed by atoms with Gasteiger partial charge in [0.2, 0.25) is 0 Å². The van der Waals surface area contributed by atoms with Crippen molar-refractivity contribution in [1.29, 1.82) is 0 Å². The van der Waals surface area contributed by atoms with Crippen LogP contribution in [0.5, 0.6) is 5.75 Å². The van der Waals surface area contributed by atoms with Gasteiger partial charge >= 0.3 is 0 Å². The molecule has 2 amide bonds. The number of anilines is 1. The maximum absolute atomic E-state index is 12.6. The Hall–Kier alpha value is -3.08. The molecule has 0 bridgehead atoms. The molecule has 5 heteroatoms. The van der Waals surface area contributed by atoms with Gasteiger partial charge in [-0.1, -0.05) is 18.2 Å². The highest BCUT2D eigenvalue weighted by molar-refractivity contribution is 6.21. The molecule has 1 N–H and O–H groups in total. The minimum atomic E-state index is -0.265. The highest BCUT2D eigenvalue weighted by Gasteiger charge is 2.36. The molecule has 144 valence electrons. The number of nitrogens with one attached hydrogen (secondary N) is 1. The van der Waals surface area contributed by atoms with Gasteiger partial charge in [0.1, 0.15) is 5.75 Å². The lowest BCUT2D eigenvalue weighted by Gasteiger charge is -2.36. The van der Waals surface area contributed by atoms with Gasteiger partial charge in [0, 0.05) is 17.8 Å². The Bertz CT molecular complexity index is 956. The van der Waals surface area contributed by atoms with E-state index in [0.29, 0.717) is 30.7 Å². The molecule has 0 atom stereocenters. The van der Waals surface area contributed by atoms with Gasteiger partial charge in [0.25, 0.3) is 11.8 Å². The van der Waals surface area contributed by atoms with Crippen LogP contribution in [0.4, 0.5) is 5.69 Å². The largest absolute Gasteiger partial charge is 0.494 e. The minimum Gasteiger partial charge on any atom is -0.494 e. The van der Waals surface area contributed by atoms with Gasteiger partial charge in [-0.3, -0.25) is 14.5 Å². The smallest absolute Gasteiger partial charge is 0.261 e. The van der Waals surface area contributed by atoms with E-state index in [1.54, 1.807) is 24.3 Å². The Balaban J connectivity index is 1.57. The Kier molecular flexibility index (Phi) is 4.46. The number of hydrogen-bond acceptors (Lipinski definition) is 4. The molecule has 0 fully saturated rings. The average molecular weight is 376 g/mol. The van der Waals surface area contributed by atoms with E-state index in [0.717, 1.165) is 22.6 Å². The fourth-order valence-electron chi connectivity index (χ4n) is 3.87. The van der Waals surface area contributed by atoms with Crippen LogP contribution in [0.15, 0.2) is 48.0 Å². The molecule has 2 aliphatic rings. The Morgan fingerprint density at radius 1 is 1.04 bits per heavy atom. The van der Waals surface area contributed by atoms with Crippen LogP contribution in [-0.2, 0) is 0 Å². The van der Waals surface area contributed by atoms with Crippen molar-refractivity contribution in [1.82, 2.24) is 4.90 Å². The van der Waals surface area contributed by atoms with Crippen LogP contribution >= 0.6 is 0 Å². The monoisotopic (exact) mass is 376 g/mol. The fourth-order valence-corrected chi connectivity index (χ4v) is 3.87. The molecule has 0 saturated carbocycles. The molecule has 2 heterocycles. The van der Waals surface area contributed by atoms with Crippen LogP contribution in [0, 0.1) is 0 Å². The van der Waals surface area contributed by atoms with Crippen LogP contribution in [-0.4, -0.2) is 35.4 Å². The summed E-state index contributed by atoms with van der Waals surface area (Å²) in [5.74, 6) is 0.419. The topological polar surface area (TPSA) is 58.6 Å². The van der Waals surface area contributed by atoms with Crippen molar-refractivity contribution >= 4 is 23.6 Å². The highest BCUT2D eigenvalue weighted by Crippen LogP contribution is 2.37. The number of ether oxygens (including phenoxy) is 1. The summed E-state index contributed by atoms with van der Waals surface area (Å²) in [6.07, 6.45) is 2.76. The van der Waals surface area contributed by atoms with E-state index in [2.05, 4.69) is 25.2 Å². The fraction of sp³-hybridized carbons (Fsp3) is 0.304. The molecule has 2 aromatic carbocycles. The molecular formula is C23H24N2O3. The first-order valence-electron chi connectivity index (χ1n) is 9.62. The molecule has 5 nitrogen and oxygen atoms in total. The number of imide groups is 1. The third-order valence-electron chi connectivity index (χ3n) is 5.40. The summed E-state index contributed by atoms with van der Waals surface area (Å²) in [7, 11) is 0. The molecule has 0 radical (unpaired) electrons. The van der Waals surface area contributed by atoms with Crippen molar-refractivity contribution in [3.63, 3.8) is 0 Å². The molecule has 0 aromatic heterocycles. The first kappa shape index (κ1) is 18.3. The minimum absolute atomic E-state index is 0.207. The molecule has 0 spiro atoms. The summed E-state index contributed by atoms with van der Waals surface area (Å²) in [5.41, 5.74) is 3.98. The van der Waals surface area contributed by atoms with Crippen molar-refractivity contribution in [2.75, 3.05) is 18.5 Å². The first-order valence-corrected chi connectivity index (χ1v) is 9.62. The predicted octanol–water partition coefficient (Wildman–Crippen LogP) is 4.36. The van der Waals surface area contributed by atoms with Crippen molar-refractivity contribution < 1.29 is 14.3 Å². The van der Waals surface area contributed by atoms with Gasteiger partial charge in [-0.15, -0.1) is 0 Å². The lowest BCUT2D eigenvalue weighted by atomic mass is 9.85. The second-order valence-electron chi connectivity index (χ2n) is 7.66. The van der Waals surface area contributed by atoms with Crippen LogP contribution in [0.2, 0.25) is 0 Å². The Morgan fingerprint density at radius 3 is 2.36 bits per heavy atom. The zero-order chi connectivity index (χ0) is 19.9. The van der Waals surface area contributed by atoms with E-state index in [9.17, 15) is 9.59 Å². The quantitative estimate of drug-likeness (QED) is 0.788. The predicted molar refractivity (Wildman–Crippen MR) is 110 cm³/mol. The SMILES string of the molecule is CCOc1ccc2c(c1)C=C(CCN1C(=O)c3ccccc3C1=O)C(C)(C)N2. The zero-order valence-corrected chi connectivity index (χ0v) is 16.4. The lowest BCUT2D eigenvalue weighted by molar-refractivity contribution is 0.0655. The van der Waals surface area contributed by atoms with E-state index >= 15 is 0 Å². The van der Waals surface area contributed by atoms with Gasteiger partial charge in [-0.25, -0.2) is 0 Å². The molecule has 0 aliphatic carbocycles. The number of hydrogen-bond donors (Lipinski definition) is 1. The number of benzene rings is 2. The number of fused-ring (bicyclic) bond motifs is 2. The molecule has 4 rings (SSSR count).